The molecule has 4 nitrogen and oxygen atoms in total. The number of H-pyrrole nitrogens is 1. The van der Waals surface area contributed by atoms with Gasteiger partial charge in [0, 0.05) is 11.3 Å². The summed E-state index contributed by atoms with van der Waals surface area (Å²) in [5.74, 6) is 1.67. The molecule has 0 fully saturated rings. The van der Waals surface area contributed by atoms with Gasteiger partial charge in [0.2, 0.25) is 0 Å². The molecule has 0 aliphatic rings. The van der Waals surface area contributed by atoms with E-state index >= 15 is 0 Å². The average molecular weight is 231 g/mol. The maximum Gasteiger partial charge on any atom is 0.120 e. The van der Waals surface area contributed by atoms with Crippen molar-refractivity contribution >= 4 is 0 Å². The lowest BCUT2D eigenvalue weighted by molar-refractivity contribution is 0.340. The number of ether oxygens (including phenoxy) is 1. The number of imidazole rings is 1. The van der Waals surface area contributed by atoms with E-state index in [0.29, 0.717) is 13.2 Å². The van der Waals surface area contributed by atoms with Crippen molar-refractivity contribution in [2.75, 3.05) is 6.61 Å². The number of nitrogens with two attached hydrogens (primary N) is 1. The van der Waals surface area contributed by atoms with E-state index in [-0.39, 0.29) is 0 Å². The van der Waals surface area contributed by atoms with Crippen molar-refractivity contribution in [2.45, 2.75) is 20.4 Å². The Morgan fingerprint density at radius 1 is 1.41 bits per heavy atom. The van der Waals surface area contributed by atoms with Crippen LogP contribution in [0.5, 0.6) is 5.75 Å². The van der Waals surface area contributed by atoms with Crippen molar-refractivity contribution in [3.8, 4) is 17.0 Å². The first-order valence-electron chi connectivity index (χ1n) is 5.73. The van der Waals surface area contributed by atoms with E-state index in [1.165, 1.54) is 0 Å². The molecule has 1 aromatic heterocycles. The summed E-state index contributed by atoms with van der Waals surface area (Å²) in [7, 11) is 0. The molecule has 0 saturated heterocycles. The molecule has 4 heteroatoms. The van der Waals surface area contributed by atoms with Crippen LogP contribution in [0.3, 0.4) is 0 Å². The molecule has 2 aromatic rings. The van der Waals surface area contributed by atoms with Crippen LogP contribution in [0.4, 0.5) is 0 Å². The highest BCUT2D eigenvalue weighted by Crippen LogP contribution is 2.25. The zero-order chi connectivity index (χ0) is 12.3. The second-order valence-corrected chi connectivity index (χ2v) is 3.82. The topological polar surface area (TPSA) is 63.9 Å². The summed E-state index contributed by atoms with van der Waals surface area (Å²) in [5.41, 5.74) is 8.58. The zero-order valence-electron chi connectivity index (χ0n) is 10.2. The first-order valence-corrected chi connectivity index (χ1v) is 5.73. The highest BCUT2D eigenvalue weighted by Gasteiger charge is 2.08. The third-order valence-corrected chi connectivity index (χ3v) is 2.55. The molecule has 0 aliphatic heterocycles. The first kappa shape index (κ1) is 11.7. The number of aromatic amines is 1. The minimum Gasteiger partial charge on any atom is -0.494 e. The Morgan fingerprint density at radius 2 is 2.24 bits per heavy atom. The molecule has 0 spiro atoms. The van der Waals surface area contributed by atoms with Gasteiger partial charge in [-0.25, -0.2) is 4.98 Å². The van der Waals surface area contributed by atoms with Gasteiger partial charge in [-0.2, -0.15) is 0 Å². The van der Waals surface area contributed by atoms with Gasteiger partial charge < -0.3 is 15.5 Å². The third-order valence-electron chi connectivity index (χ3n) is 2.55. The Morgan fingerprint density at radius 3 is 2.88 bits per heavy atom. The zero-order valence-corrected chi connectivity index (χ0v) is 10.2. The molecule has 0 bridgehead atoms. The van der Waals surface area contributed by atoms with Crippen LogP contribution in [0.2, 0.25) is 0 Å². The summed E-state index contributed by atoms with van der Waals surface area (Å²) in [6.07, 6.45) is 0. The van der Waals surface area contributed by atoms with Gasteiger partial charge in [-0.05, 0) is 26.0 Å². The molecule has 0 radical (unpaired) electrons. The van der Waals surface area contributed by atoms with Crippen LogP contribution in [0.25, 0.3) is 11.3 Å². The van der Waals surface area contributed by atoms with Crippen LogP contribution in [-0.2, 0) is 6.54 Å². The number of nitrogens with zero attached hydrogens (tertiary/aromatic N) is 1. The fourth-order valence-corrected chi connectivity index (χ4v) is 1.80. The van der Waals surface area contributed by atoms with Crippen LogP contribution in [0.15, 0.2) is 24.3 Å². The minimum atomic E-state index is 0.423. The highest BCUT2D eigenvalue weighted by molar-refractivity contribution is 5.63. The van der Waals surface area contributed by atoms with Gasteiger partial charge in [-0.15, -0.1) is 0 Å². The van der Waals surface area contributed by atoms with Crippen LogP contribution in [0.1, 0.15) is 18.4 Å². The summed E-state index contributed by atoms with van der Waals surface area (Å²) >= 11 is 0. The number of nitrogens with one attached hydrogen (secondary N) is 1. The summed E-state index contributed by atoms with van der Waals surface area (Å²) < 4.78 is 5.48. The summed E-state index contributed by atoms with van der Waals surface area (Å²) in [4.78, 5) is 7.63. The number of aromatic nitrogens is 2. The van der Waals surface area contributed by atoms with Gasteiger partial charge in [0.1, 0.15) is 11.6 Å². The fourth-order valence-electron chi connectivity index (χ4n) is 1.80. The second-order valence-electron chi connectivity index (χ2n) is 3.82. The Bertz CT molecular complexity index is 505. The van der Waals surface area contributed by atoms with E-state index in [4.69, 9.17) is 10.5 Å². The van der Waals surface area contributed by atoms with Gasteiger partial charge in [0.15, 0.2) is 0 Å². The molecular weight excluding hydrogens is 214 g/mol. The van der Waals surface area contributed by atoms with E-state index in [0.717, 1.165) is 28.5 Å². The predicted octanol–water partition coefficient (Wildman–Crippen LogP) is 2.24. The maximum atomic E-state index is 5.57. The monoisotopic (exact) mass is 231 g/mol. The van der Waals surface area contributed by atoms with Crippen molar-refractivity contribution in [3.63, 3.8) is 0 Å². The van der Waals surface area contributed by atoms with Gasteiger partial charge in [-0.3, -0.25) is 0 Å². The van der Waals surface area contributed by atoms with E-state index in [1.807, 2.05) is 38.1 Å². The predicted molar refractivity (Wildman–Crippen MR) is 67.8 cm³/mol. The Kier molecular flexibility index (Phi) is 3.44. The van der Waals surface area contributed by atoms with Crippen molar-refractivity contribution in [3.05, 3.63) is 35.8 Å². The van der Waals surface area contributed by atoms with Crippen LogP contribution in [-0.4, -0.2) is 16.6 Å². The number of benzene rings is 1. The number of hydrogen-bond acceptors (Lipinski definition) is 3. The molecule has 90 valence electrons. The van der Waals surface area contributed by atoms with Gasteiger partial charge in [0.05, 0.1) is 18.8 Å². The summed E-state index contributed by atoms with van der Waals surface area (Å²) in [6.45, 7) is 5.05. The molecule has 17 heavy (non-hydrogen) atoms. The molecular formula is C13H17N3O. The normalized spacial score (nSPS) is 10.5. The number of aryl methyl sites for hydroxylation is 1. The van der Waals surface area contributed by atoms with E-state index in [9.17, 15) is 0 Å². The molecule has 1 heterocycles. The third kappa shape index (κ3) is 2.47. The van der Waals surface area contributed by atoms with Crippen molar-refractivity contribution in [1.29, 1.82) is 0 Å². The number of rotatable bonds is 4. The largest absolute Gasteiger partial charge is 0.494 e. The maximum absolute atomic E-state index is 5.57. The van der Waals surface area contributed by atoms with E-state index in [1.54, 1.807) is 0 Å². The molecule has 0 aliphatic carbocycles. The smallest absolute Gasteiger partial charge is 0.120 e. The van der Waals surface area contributed by atoms with Crippen molar-refractivity contribution < 1.29 is 4.74 Å². The lowest BCUT2D eigenvalue weighted by Crippen LogP contribution is -1.98. The van der Waals surface area contributed by atoms with Gasteiger partial charge in [0.25, 0.3) is 0 Å². The van der Waals surface area contributed by atoms with Gasteiger partial charge >= 0.3 is 0 Å². The minimum absolute atomic E-state index is 0.423. The molecule has 0 saturated carbocycles. The molecule has 0 amide bonds. The molecule has 2 rings (SSSR count). The molecule has 1 aromatic carbocycles. The lowest BCUT2D eigenvalue weighted by atomic mass is 10.1. The van der Waals surface area contributed by atoms with E-state index in [2.05, 4.69) is 9.97 Å². The highest BCUT2D eigenvalue weighted by atomic mass is 16.5. The Balaban J connectivity index is 2.37. The Labute approximate surface area is 101 Å². The lowest BCUT2D eigenvalue weighted by Gasteiger charge is -2.04. The fraction of sp³-hybridized carbons (Fsp3) is 0.308. The average Bonchev–Trinajstić information content (AvgIpc) is 2.71. The molecule has 3 N–H and O–H groups in total. The molecule has 0 unspecified atom stereocenters. The van der Waals surface area contributed by atoms with Crippen molar-refractivity contribution in [1.82, 2.24) is 9.97 Å². The van der Waals surface area contributed by atoms with Crippen LogP contribution >= 0.6 is 0 Å². The van der Waals surface area contributed by atoms with Crippen LogP contribution < -0.4 is 10.5 Å². The standard InChI is InChI=1S/C13H17N3O/c1-3-17-11-6-4-5-10(7-11)13-9(2)15-12(8-14)16-13/h4-7H,3,8,14H2,1-2H3,(H,15,16). The SMILES string of the molecule is CCOc1cccc(-c2nc(CN)[nH]c2C)c1. The molecule has 0 atom stereocenters. The first-order chi connectivity index (χ1) is 8.24. The Hall–Kier alpha value is -1.81. The van der Waals surface area contributed by atoms with Crippen molar-refractivity contribution in [2.24, 2.45) is 5.73 Å². The van der Waals surface area contributed by atoms with Crippen LogP contribution in [0, 0.1) is 6.92 Å². The van der Waals surface area contributed by atoms with Gasteiger partial charge in [-0.1, -0.05) is 12.1 Å². The number of hydrogen-bond donors (Lipinski definition) is 2. The second kappa shape index (κ2) is 5.01. The van der Waals surface area contributed by atoms with E-state index < -0.39 is 0 Å². The summed E-state index contributed by atoms with van der Waals surface area (Å²) in [5, 5.41) is 0. The summed E-state index contributed by atoms with van der Waals surface area (Å²) in [6, 6.07) is 7.92. The quantitative estimate of drug-likeness (QED) is 0.848.